The lowest BCUT2D eigenvalue weighted by atomic mass is 10.1. The quantitative estimate of drug-likeness (QED) is 0.177. The zero-order chi connectivity index (χ0) is 29.2. The summed E-state index contributed by atoms with van der Waals surface area (Å²) in [4.78, 5) is 23.3. The number of hydrogen-bond acceptors (Lipinski definition) is 7. The van der Waals surface area contributed by atoms with Gasteiger partial charge < -0.3 is 29.0 Å². The highest BCUT2D eigenvalue weighted by Crippen LogP contribution is 2.46. The second kappa shape index (κ2) is 12.0. The molecule has 0 bridgehead atoms. The standard InChI is InChI=1S/C28H36F3N5O4Si/c1-41(2,3)15-14-39-18-36-16-22(28(29,30)31)23-24(19-4-5-19)33-27(34-25(23)36)32-17-40-21-8-6-20(7-9-21)26(37)35-10-12-38-13-11-35/h6-9,16,19H,4-5,10-15,17-18H2,1-3H3,(H,32,33,34). The van der Waals surface area contributed by atoms with Crippen molar-refractivity contribution in [3.8, 4) is 5.75 Å². The van der Waals surface area contributed by atoms with Crippen LogP contribution in [0.5, 0.6) is 5.75 Å². The van der Waals surface area contributed by atoms with Crippen molar-refractivity contribution in [2.24, 2.45) is 0 Å². The molecule has 0 atom stereocenters. The first-order chi connectivity index (χ1) is 19.5. The first-order valence-electron chi connectivity index (χ1n) is 13.9. The molecule has 2 fully saturated rings. The number of nitrogens with zero attached hydrogens (tertiary/aromatic N) is 4. The summed E-state index contributed by atoms with van der Waals surface area (Å²) in [6, 6.07) is 7.72. The maximum Gasteiger partial charge on any atom is 0.418 e. The van der Waals surface area contributed by atoms with Gasteiger partial charge in [-0.3, -0.25) is 4.79 Å². The van der Waals surface area contributed by atoms with Gasteiger partial charge in [0.05, 0.1) is 29.9 Å². The van der Waals surface area contributed by atoms with E-state index in [2.05, 4.69) is 34.9 Å². The number of aromatic nitrogens is 3. The average Bonchev–Trinajstić information content (AvgIpc) is 3.71. The number of alkyl halides is 3. The topological polar surface area (TPSA) is 90.7 Å². The highest BCUT2D eigenvalue weighted by Gasteiger charge is 2.39. The van der Waals surface area contributed by atoms with Crippen molar-refractivity contribution in [2.45, 2.75) is 57.4 Å². The summed E-state index contributed by atoms with van der Waals surface area (Å²) in [5.41, 5.74) is 0.411. The molecule has 2 aliphatic rings. The first kappa shape index (κ1) is 29.3. The Kier molecular flexibility index (Phi) is 8.57. The van der Waals surface area contributed by atoms with Crippen LogP contribution in [0.1, 0.15) is 40.4 Å². The van der Waals surface area contributed by atoms with E-state index in [0.717, 1.165) is 25.1 Å². The molecule has 222 valence electrons. The summed E-state index contributed by atoms with van der Waals surface area (Å²) < 4.78 is 60.4. The van der Waals surface area contributed by atoms with Crippen LogP contribution in [0.15, 0.2) is 30.5 Å². The van der Waals surface area contributed by atoms with Crippen molar-refractivity contribution >= 4 is 31.0 Å². The Hall–Kier alpha value is -3.16. The Morgan fingerprint density at radius 2 is 1.83 bits per heavy atom. The van der Waals surface area contributed by atoms with E-state index in [-0.39, 0.29) is 42.3 Å². The third-order valence-electron chi connectivity index (χ3n) is 7.11. The Morgan fingerprint density at radius 3 is 2.46 bits per heavy atom. The summed E-state index contributed by atoms with van der Waals surface area (Å²) >= 11 is 0. The number of anilines is 1. The first-order valence-corrected chi connectivity index (χ1v) is 17.6. The fourth-order valence-corrected chi connectivity index (χ4v) is 5.38. The van der Waals surface area contributed by atoms with Gasteiger partial charge in [0.25, 0.3) is 5.91 Å². The van der Waals surface area contributed by atoms with Crippen molar-refractivity contribution in [1.82, 2.24) is 19.4 Å². The van der Waals surface area contributed by atoms with Gasteiger partial charge in [-0.2, -0.15) is 18.2 Å². The van der Waals surface area contributed by atoms with Crippen LogP contribution >= 0.6 is 0 Å². The largest absolute Gasteiger partial charge is 0.473 e. The van der Waals surface area contributed by atoms with E-state index < -0.39 is 19.8 Å². The Morgan fingerprint density at radius 1 is 1.12 bits per heavy atom. The number of morpholine rings is 1. The Bertz CT molecular complexity index is 1360. The lowest BCUT2D eigenvalue weighted by Gasteiger charge is -2.26. The molecule has 13 heteroatoms. The minimum Gasteiger partial charge on any atom is -0.473 e. The molecule has 1 N–H and O–H groups in total. The summed E-state index contributed by atoms with van der Waals surface area (Å²) in [5, 5.41) is 3.04. The van der Waals surface area contributed by atoms with Crippen LogP contribution in [0.3, 0.4) is 0 Å². The molecule has 41 heavy (non-hydrogen) atoms. The molecule has 3 heterocycles. The van der Waals surface area contributed by atoms with Gasteiger partial charge in [0.1, 0.15) is 18.1 Å². The van der Waals surface area contributed by atoms with Gasteiger partial charge in [0.15, 0.2) is 6.73 Å². The number of hydrogen-bond donors (Lipinski definition) is 1. The molecule has 0 radical (unpaired) electrons. The number of carbonyl (C=O) groups is 1. The molecule has 3 aromatic rings. The van der Waals surface area contributed by atoms with E-state index in [4.69, 9.17) is 14.2 Å². The fourth-order valence-electron chi connectivity index (χ4n) is 4.63. The number of ether oxygens (including phenoxy) is 3. The number of benzene rings is 1. The molecule has 0 unspecified atom stereocenters. The van der Waals surface area contributed by atoms with Crippen LogP contribution in [-0.4, -0.2) is 73.1 Å². The molecule has 1 aliphatic heterocycles. The predicted octanol–water partition coefficient (Wildman–Crippen LogP) is 5.56. The summed E-state index contributed by atoms with van der Waals surface area (Å²) in [6.07, 6.45) is -1.89. The van der Waals surface area contributed by atoms with Gasteiger partial charge in [-0.1, -0.05) is 19.6 Å². The van der Waals surface area contributed by atoms with Gasteiger partial charge in [-0.05, 0) is 43.2 Å². The number of rotatable bonds is 11. The Labute approximate surface area is 238 Å². The van der Waals surface area contributed by atoms with Crippen LogP contribution in [0, 0.1) is 0 Å². The molecule has 2 aromatic heterocycles. The molecule has 5 rings (SSSR count). The third-order valence-corrected chi connectivity index (χ3v) is 8.81. The van der Waals surface area contributed by atoms with Crippen molar-refractivity contribution < 1.29 is 32.2 Å². The molecule has 1 aliphatic carbocycles. The van der Waals surface area contributed by atoms with E-state index in [1.54, 1.807) is 29.2 Å². The second-order valence-electron chi connectivity index (χ2n) is 11.7. The summed E-state index contributed by atoms with van der Waals surface area (Å²) in [7, 11) is -1.35. The minimum absolute atomic E-state index is 0.00802. The molecule has 1 aromatic carbocycles. The normalized spacial score (nSPS) is 16.3. The van der Waals surface area contributed by atoms with Crippen LogP contribution in [0.2, 0.25) is 25.7 Å². The molecule has 9 nitrogen and oxygen atoms in total. The molecule has 0 spiro atoms. The van der Waals surface area contributed by atoms with Crippen molar-refractivity contribution in [2.75, 3.05) is 45.0 Å². The second-order valence-corrected chi connectivity index (χ2v) is 17.3. The molecular weight excluding hydrogens is 555 g/mol. The maximum atomic E-state index is 14.0. The van der Waals surface area contributed by atoms with Gasteiger partial charge in [-0.15, -0.1) is 0 Å². The van der Waals surface area contributed by atoms with Crippen LogP contribution < -0.4 is 10.1 Å². The highest BCUT2D eigenvalue weighted by atomic mass is 28.3. The lowest BCUT2D eigenvalue weighted by Crippen LogP contribution is -2.40. The molecule has 1 saturated carbocycles. The molecule has 1 amide bonds. The maximum absolute atomic E-state index is 14.0. The van der Waals surface area contributed by atoms with Crippen LogP contribution in [-0.2, 0) is 22.4 Å². The number of carbonyl (C=O) groups excluding carboxylic acids is 1. The van der Waals surface area contributed by atoms with E-state index >= 15 is 0 Å². The molecule has 1 saturated heterocycles. The summed E-state index contributed by atoms with van der Waals surface area (Å²) in [6.45, 7) is 9.29. The SMILES string of the molecule is C[Si](C)(C)CCOCn1cc(C(F)(F)F)c2c(C3CC3)nc(NCOc3ccc(C(=O)N4CCOCC4)cc3)nc21. The monoisotopic (exact) mass is 591 g/mol. The predicted molar refractivity (Wildman–Crippen MR) is 151 cm³/mol. The third kappa shape index (κ3) is 7.38. The average molecular weight is 592 g/mol. The number of halogens is 3. The highest BCUT2D eigenvalue weighted by molar-refractivity contribution is 6.76. The smallest absolute Gasteiger partial charge is 0.418 e. The number of nitrogens with one attached hydrogen (secondary N) is 1. The minimum atomic E-state index is -4.54. The van der Waals surface area contributed by atoms with Crippen LogP contribution in [0.4, 0.5) is 19.1 Å². The molecular formula is C28H36F3N5O4Si. The fraction of sp³-hybridized carbons (Fsp3) is 0.536. The van der Waals surface area contributed by atoms with Crippen LogP contribution in [0.25, 0.3) is 11.0 Å². The lowest BCUT2D eigenvalue weighted by molar-refractivity contribution is -0.136. The van der Waals surface area contributed by atoms with Crippen molar-refractivity contribution in [1.29, 1.82) is 0 Å². The number of fused-ring (bicyclic) bond motifs is 1. The van der Waals surface area contributed by atoms with Crippen molar-refractivity contribution in [3.05, 3.63) is 47.3 Å². The van der Waals surface area contributed by atoms with E-state index in [1.807, 2.05) is 0 Å². The Balaban J connectivity index is 1.30. The van der Waals surface area contributed by atoms with E-state index in [0.29, 0.717) is 49.9 Å². The van der Waals surface area contributed by atoms with Gasteiger partial charge >= 0.3 is 6.18 Å². The van der Waals surface area contributed by atoms with E-state index in [1.165, 1.54) is 4.57 Å². The summed E-state index contributed by atoms with van der Waals surface area (Å²) in [5.74, 6) is 0.619. The van der Waals surface area contributed by atoms with Gasteiger partial charge in [-0.25, -0.2) is 4.98 Å². The zero-order valence-electron chi connectivity index (χ0n) is 23.6. The zero-order valence-corrected chi connectivity index (χ0v) is 24.6. The number of amides is 1. The van der Waals surface area contributed by atoms with Crippen molar-refractivity contribution in [3.63, 3.8) is 0 Å². The van der Waals surface area contributed by atoms with Gasteiger partial charge in [0, 0.05) is 45.4 Å². The van der Waals surface area contributed by atoms with E-state index in [9.17, 15) is 18.0 Å². The van der Waals surface area contributed by atoms with Gasteiger partial charge in [0.2, 0.25) is 5.95 Å².